The number of nitrogens with zero attached hydrogens (tertiary/aromatic N) is 2. The smallest absolute Gasteiger partial charge is 0.328 e. The Morgan fingerprint density at radius 3 is 2.25 bits per heavy atom. The van der Waals surface area contributed by atoms with Crippen molar-refractivity contribution in [2.75, 3.05) is 24.8 Å². The first-order chi connectivity index (χ1) is 9.42. The lowest BCUT2D eigenvalue weighted by atomic mass is 10.0. The molecule has 6 heteroatoms. The highest BCUT2D eigenvalue weighted by Crippen LogP contribution is 2.29. The van der Waals surface area contributed by atoms with Gasteiger partial charge in [-0.1, -0.05) is 27.7 Å². The minimum absolute atomic E-state index is 0.0930. The summed E-state index contributed by atoms with van der Waals surface area (Å²) in [5, 5.41) is 6.24. The predicted molar refractivity (Wildman–Crippen MR) is 79.9 cm³/mol. The molecule has 112 valence electrons. The maximum absolute atomic E-state index is 11.8. The molecule has 1 atom stereocenters. The predicted octanol–water partition coefficient (Wildman–Crippen LogP) is 2.25. The summed E-state index contributed by atoms with van der Waals surface area (Å²) in [5.74, 6) is 1.47. The van der Waals surface area contributed by atoms with E-state index in [1.807, 2.05) is 20.9 Å². The monoisotopic (exact) mass is 280 g/mol. The number of hydrogen-bond acceptors (Lipinski definition) is 6. The summed E-state index contributed by atoms with van der Waals surface area (Å²) in [7, 11) is 3.21. The van der Waals surface area contributed by atoms with Crippen molar-refractivity contribution in [3.8, 4) is 0 Å². The highest BCUT2D eigenvalue weighted by atomic mass is 16.5. The van der Waals surface area contributed by atoms with Crippen LogP contribution in [0.4, 0.5) is 11.6 Å². The number of rotatable bonds is 6. The van der Waals surface area contributed by atoms with E-state index in [0.29, 0.717) is 5.82 Å². The fourth-order valence-electron chi connectivity index (χ4n) is 2.03. The lowest BCUT2D eigenvalue weighted by Gasteiger charge is -2.23. The minimum atomic E-state index is -0.433. The van der Waals surface area contributed by atoms with Gasteiger partial charge in [-0.2, -0.15) is 0 Å². The van der Waals surface area contributed by atoms with Crippen LogP contribution in [0.1, 0.15) is 39.2 Å². The molecule has 0 saturated carbocycles. The molecular formula is C14H24N4O2. The van der Waals surface area contributed by atoms with Crippen LogP contribution in [0.3, 0.4) is 0 Å². The van der Waals surface area contributed by atoms with E-state index >= 15 is 0 Å². The van der Waals surface area contributed by atoms with Crippen molar-refractivity contribution >= 4 is 17.6 Å². The quantitative estimate of drug-likeness (QED) is 0.778. The summed E-state index contributed by atoms with van der Waals surface area (Å²) in [6.45, 7) is 8.05. The molecule has 1 rings (SSSR count). The number of esters is 1. The summed E-state index contributed by atoms with van der Waals surface area (Å²) >= 11 is 0. The lowest BCUT2D eigenvalue weighted by molar-refractivity contribution is -0.142. The summed E-state index contributed by atoms with van der Waals surface area (Å²) in [4.78, 5) is 20.3. The van der Waals surface area contributed by atoms with Crippen LogP contribution >= 0.6 is 0 Å². The van der Waals surface area contributed by atoms with Crippen LogP contribution in [0, 0.1) is 5.92 Å². The van der Waals surface area contributed by atoms with Gasteiger partial charge in [-0.25, -0.2) is 14.8 Å². The van der Waals surface area contributed by atoms with Crippen molar-refractivity contribution in [3.63, 3.8) is 0 Å². The summed E-state index contributed by atoms with van der Waals surface area (Å²) < 4.78 is 4.84. The summed E-state index contributed by atoms with van der Waals surface area (Å²) in [6, 6.07) is -0.433. The van der Waals surface area contributed by atoms with E-state index in [1.54, 1.807) is 0 Å². The van der Waals surface area contributed by atoms with Gasteiger partial charge in [0.1, 0.15) is 24.0 Å². The van der Waals surface area contributed by atoms with Crippen molar-refractivity contribution in [3.05, 3.63) is 11.9 Å². The van der Waals surface area contributed by atoms with Gasteiger partial charge >= 0.3 is 5.97 Å². The molecule has 6 nitrogen and oxygen atoms in total. The topological polar surface area (TPSA) is 76.1 Å². The average Bonchev–Trinajstić information content (AvgIpc) is 2.42. The minimum Gasteiger partial charge on any atom is -0.467 e. The molecule has 0 bridgehead atoms. The Morgan fingerprint density at radius 2 is 1.80 bits per heavy atom. The van der Waals surface area contributed by atoms with Gasteiger partial charge in [0, 0.05) is 12.6 Å². The van der Waals surface area contributed by atoms with Crippen molar-refractivity contribution in [2.24, 2.45) is 5.92 Å². The largest absolute Gasteiger partial charge is 0.467 e. The Balaban J connectivity index is 3.15. The van der Waals surface area contributed by atoms with E-state index in [-0.39, 0.29) is 17.8 Å². The molecular weight excluding hydrogens is 256 g/mol. The van der Waals surface area contributed by atoms with E-state index in [9.17, 15) is 4.79 Å². The standard InChI is InChI=1S/C14H24N4O2/c1-8(2)10-12(15-5)16-7-17-13(10)18-11(9(3)4)14(19)20-6/h7-9,11H,1-6H3,(H2,15,16,17,18). The number of nitrogens with one attached hydrogen (secondary N) is 2. The first-order valence-electron chi connectivity index (χ1n) is 6.79. The highest BCUT2D eigenvalue weighted by Gasteiger charge is 2.25. The van der Waals surface area contributed by atoms with Crippen molar-refractivity contribution in [1.29, 1.82) is 0 Å². The summed E-state index contributed by atoms with van der Waals surface area (Å²) in [5.41, 5.74) is 0.963. The Morgan fingerprint density at radius 1 is 1.20 bits per heavy atom. The summed E-state index contributed by atoms with van der Waals surface area (Å²) in [6.07, 6.45) is 1.48. The van der Waals surface area contributed by atoms with E-state index in [1.165, 1.54) is 13.4 Å². The molecule has 1 aromatic rings. The van der Waals surface area contributed by atoms with Gasteiger partial charge < -0.3 is 15.4 Å². The molecule has 1 heterocycles. The fraction of sp³-hybridized carbons (Fsp3) is 0.643. The first kappa shape index (κ1) is 16.2. The number of anilines is 2. The SMILES string of the molecule is CNc1ncnc(NC(C(=O)OC)C(C)C)c1C(C)C. The molecule has 0 aliphatic heterocycles. The maximum Gasteiger partial charge on any atom is 0.328 e. The number of hydrogen-bond donors (Lipinski definition) is 2. The van der Waals surface area contributed by atoms with Crippen molar-refractivity contribution in [2.45, 2.75) is 39.7 Å². The third-order valence-electron chi connectivity index (χ3n) is 3.11. The third-order valence-corrected chi connectivity index (χ3v) is 3.11. The van der Waals surface area contributed by atoms with E-state index in [4.69, 9.17) is 4.74 Å². The van der Waals surface area contributed by atoms with Crippen molar-refractivity contribution < 1.29 is 9.53 Å². The number of carbonyl (C=O) groups is 1. The third kappa shape index (κ3) is 3.59. The molecule has 2 N–H and O–H groups in total. The Labute approximate surface area is 120 Å². The molecule has 0 saturated heterocycles. The number of methoxy groups -OCH3 is 1. The van der Waals surface area contributed by atoms with Gasteiger partial charge in [-0.3, -0.25) is 0 Å². The number of carbonyl (C=O) groups excluding carboxylic acids is 1. The second-order valence-corrected chi connectivity index (χ2v) is 5.28. The maximum atomic E-state index is 11.8. The Bertz CT molecular complexity index is 460. The lowest BCUT2D eigenvalue weighted by Crippen LogP contribution is -2.36. The molecule has 0 aliphatic carbocycles. The van der Waals surface area contributed by atoms with Crippen LogP contribution in [-0.2, 0) is 9.53 Å². The molecule has 0 aliphatic rings. The molecule has 20 heavy (non-hydrogen) atoms. The average molecular weight is 280 g/mol. The highest BCUT2D eigenvalue weighted by molar-refractivity contribution is 5.80. The van der Waals surface area contributed by atoms with Crippen molar-refractivity contribution in [1.82, 2.24) is 9.97 Å². The van der Waals surface area contributed by atoms with E-state index < -0.39 is 6.04 Å². The van der Waals surface area contributed by atoms with Gasteiger partial charge in [0.25, 0.3) is 0 Å². The van der Waals surface area contributed by atoms with Gasteiger partial charge in [0.05, 0.1) is 7.11 Å². The molecule has 0 radical (unpaired) electrons. The molecule has 1 unspecified atom stereocenters. The van der Waals surface area contributed by atoms with Crippen LogP contribution in [0.15, 0.2) is 6.33 Å². The fourth-order valence-corrected chi connectivity index (χ4v) is 2.03. The van der Waals surface area contributed by atoms with Crippen LogP contribution in [0.25, 0.3) is 0 Å². The molecule has 0 aromatic carbocycles. The van der Waals surface area contributed by atoms with Crippen LogP contribution < -0.4 is 10.6 Å². The molecule has 0 fully saturated rings. The number of ether oxygens (including phenoxy) is 1. The second-order valence-electron chi connectivity index (χ2n) is 5.28. The first-order valence-corrected chi connectivity index (χ1v) is 6.79. The second kappa shape index (κ2) is 7.07. The Kier molecular flexibility index (Phi) is 5.73. The van der Waals surface area contributed by atoms with Gasteiger partial charge in [0.2, 0.25) is 0 Å². The zero-order chi connectivity index (χ0) is 15.3. The van der Waals surface area contributed by atoms with Gasteiger partial charge in [0.15, 0.2) is 0 Å². The van der Waals surface area contributed by atoms with Gasteiger partial charge in [-0.15, -0.1) is 0 Å². The van der Waals surface area contributed by atoms with Crippen LogP contribution in [0.5, 0.6) is 0 Å². The van der Waals surface area contributed by atoms with Crippen LogP contribution in [0.2, 0.25) is 0 Å². The normalized spacial score (nSPS) is 12.4. The molecule has 0 spiro atoms. The van der Waals surface area contributed by atoms with E-state index in [2.05, 4.69) is 34.4 Å². The molecule has 1 aromatic heterocycles. The zero-order valence-electron chi connectivity index (χ0n) is 13.0. The van der Waals surface area contributed by atoms with Crippen LogP contribution in [-0.4, -0.2) is 36.1 Å². The Hall–Kier alpha value is -1.85. The zero-order valence-corrected chi connectivity index (χ0v) is 13.0. The number of aromatic nitrogens is 2. The van der Waals surface area contributed by atoms with Gasteiger partial charge in [-0.05, 0) is 11.8 Å². The molecule has 0 amide bonds. The van der Waals surface area contributed by atoms with E-state index in [0.717, 1.165) is 11.4 Å².